The predicted octanol–water partition coefficient (Wildman–Crippen LogP) is 12.4. The summed E-state index contributed by atoms with van der Waals surface area (Å²) in [5.74, 6) is -0.117. The highest BCUT2D eigenvalue weighted by atomic mass is 16.6. The Hall–Kier alpha value is -0.770. The Balaban J connectivity index is 3.12. The molecule has 0 aromatic heterocycles. The van der Waals surface area contributed by atoms with Crippen LogP contribution < -0.4 is 0 Å². The average molecular weight is 773 g/mol. The fourth-order valence-electron chi connectivity index (χ4n) is 6.53. The Morgan fingerprint density at radius 1 is 0.259 bits per heavy atom. The Morgan fingerprint density at radius 2 is 0.481 bits per heavy atom. The minimum absolute atomic E-state index is 0.117. The van der Waals surface area contributed by atoms with E-state index < -0.39 is 0 Å². The van der Waals surface area contributed by atoms with Crippen LogP contribution in [0.3, 0.4) is 0 Å². The van der Waals surface area contributed by atoms with E-state index in [0.29, 0.717) is 85.7 Å². The third-order valence-corrected chi connectivity index (χ3v) is 9.98. The lowest BCUT2D eigenvalue weighted by molar-refractivity contribution is -0.145. The maximum absolute atomic E-state index is 11.9. The molecule has 0 heterocycles. The van der Waals surface area contributed by atoms with E-state index in [9.17, 15) is 4.79 Å². The normalized spacial score (nSPS) is 11.5. The van der Waals surface area contributed by atoms with Gasteiger partial charge in [-0.1, -0.05) is 187 Å². The van der Waals surface area contributed by atoms with E-state index in [1.807, 2.05) is 0 Å². The first-order valence-corrected chi connectivity index (χ1v) is 23.4. The summed E-state index contributed by atoms with van der Waals surface area (Å²) in [4.78, 5) is 11.9. The van der Waals surface area contributed by atoms with Gasteiger partial charge in [0, 0.05) is 13.0 Å². The van der Waals surface area contributed by atoms with Crippen LogP contribution in [0.4, 0.5) is 0 Å². The third kappa shape index (κ3) is 49.2. The summed E-state index contributed by atoms with van der Waals surface area (Å²) in [7, 11) is 0. The van der Waals surface area contributed by atoms with Crippen molar-refractivity contribution in [2.24, 2.45) is 0 Å². The van der Waals surface area contributed by atoms with Crippen molar-refractivity contribution in [3.8, 4) is 0 Å². The number of carbonyl (C=O) groups is 1. The van der Waals surface area contributed by atoms with Crippen LogP contribution in [0.2, 0.25) is 0 Å². The van der Waals surface area contributed by atoms with Crippen LogP contribution in [-0.2, 0) is 38.0 Å². The highest BCUT2D eigenvalue weighted by Crippen LogP contribution is 2.15. The zero-order chi connectivity index (χ0) is 38.9. The predicted molar refractivity (Wildman–Crippen MR) is 226 cm³/mol. The molecule has 0 atom stereocenters. The van der Waals surface area contributed by atoms with Gasteiger partial charge in [-0.3, -0.25) is 4.79 Å². The summed E-state index contributed by atoms with van der Waals surface area (Å²) in [5.41, 5.74) is 0. The molecule has 0 aliphatic rings. The molecule has 0 aliphatic carbocycles. The minimum Gasteiger partial charge on any atom is -0.463 e. The lowest BCUT2D eigenvalue weighted by atomic mass is 10.0. The number of hydrogen-bond acceptors (Lipinski definition) is 8. The number of carbonyl (C=O) groups excluding carboxylic acids is 1. The van der Waals surface area contributed by atoms with Gasteiger partial charge >= 0.3 is 5.97 Å². The highest BCUT2D eigenvalue weighted by molar-refractivity contribution is 5.69. The van der Waals surface area contributed by atoms with Gasteiger partial charge in [0.05, 0.1) is 72.7 Å². The maximum Gasteiger partial charge on any atom is 0.305 e. The number of unbranched alkanes of at least 4 members (excludes halogenated alkanes) is 27. The lowest BCUT2D eigenvalue weighted by Gasteiger charge is -2.08. The fourth-order valence-corrected chi connectivity index (χ4v) is 6.53. The van der Waals surface area contributed by atoms with Gasteiger partial charge < -0.3 is 33.2 Å². The molecule has 0 rings (SSSR count). The summed E-state index contributed by atoms with van der Waals surface area (Å²) in [6.45, 7) is 11.6. The quantitative estimate of drug-likeness (QED) is 0.0447. The van der Waals surface area contributed by atoms with Crippen LogP contribution in [0.5, 0.6) is 0 Å². The second-order valence-electron chi connectivity index (χ2n) is 15.2. The molecule has 0 fully saturated rings. The Kier molecular flexibility index (Phi) is 49.5. The van der Waals surface area contributed by atoms with Crippen molar-refractivity contribution in [1.29, 1.82) is 0 Å². The molecule has 54 heavy (non-hydrogen) atoms. The van der Waals surface area contributed by atoms with E-state index in [0.717, 1.165) is 25.9 Å². The third-order valence-electron chi connectivity index (χ3n) is 9.98. The van der Waals surface area contributed by atoms with Crippen molar-refractivity contribution < 1.29 is 38.0 Å². The Morgan fingerprint density at radius 3 is 0.778 bits per heavy atom. The highest BCUT2D eigenvalue weighted by Gasteiger charge is 2.03. The molecule has 0 saturated carbocycles. The van der Waals surface area contributed by atoms with Crippen molar-refractivity contribution in [1.82, 2.24) is 0 Å². The second-order valence-corrected chi connectivity index (χ2v) is 15.2. The van der Waals surface area contributed by atoms with E-state index in [2.05, 4.69) is 13.8 Å². The lowest BCUT2D eigenvalue weighted by Crippen LogP contribution is -2.15. The molecule has 0 N–H and O–H groups in total. The number of hydrogen-bond donors (Lipinski definition) is 0. The van der Waals surface area contributed by atoms with Crippen LogP contribution >= 0.6 is 0 Å². The number of esters is 1. The monoisotopic (exact) mass is 773 g/mol. The van der Waals surface area contributed by atoms with Crippen LogP contribution in [0.25, 0.3) is 0 Å². The van der Waals surface area contributed by atoms with Crippen molar-refractivity contribution in [2.75, 3.05) is 85.9 Å². The van der Waals surface area contributed by atoms with Crippen LogP contribution in [0.15, 0.2) is 0 Å². The molecule has 0 aliphatic heterocycles. The van der Waals surface area contributed by atoms with Gasteiger partial charge in [0.1, 0.15) is 6.61 Å². The SMILES string of the molecule is CCCCCCCCCCCCCCCCCC(=O)OCCOCCOCCOCCOCCOCCOCCCCCCCCCCCCCCCC. The first kappa shape index (κ1) is 53.2. The zero-order valence-electron chi connectivity index (χ0n) is 36.2. The van der Waals surface area contributed by atoms with Crippen LogP contribution in [-0.4, -0.2) is 91.9 Å². The van der Waals surface area contributed by atoms with Gasteiger partial charge in [-0.15, -0.1) is 0 Å². The smallest absolute Gasteiger partial charge is 0.305 e. The topological polar surface area (TPSA) is 81.7 Å². The maximum atomic E-state index is 11.9. The summed E-state index contributed by atoms with van der Waals surface area (Å²) in [6, 6.07) is 0. The largest absolute Gasteiger partial charge is 0.463 e. The van der Waals surface area contributed by atoms with E-state index in [1.54, 1.807) is 0 Å². The summed E-state index contributed by atoms with van der Waals surface area (Å²) < 4.78 is 38.7. The van der Waals surface area contributed by atoms with Gasteiger partial charge in [-0.05, 0) is 12.8 Å². The van der Waals surface area contributed by atoms with E-state index in [4.69, 9.17) is 33.2 Å². The molecular weight excluding hydrogens is 680 g/mol. The molecule has 0 unspecified atom stereocenters. The zero-order valence-corrected chi connectivity index (χ0v) is 36.2. The van der Waals surface area contributed by atoms with Crippen molar-refractivity contribution in [2.45, 2.75) is 206 Å². The minimum atomic E-state index is -0.117. The molecule has 0 spiro atoms. The van der Waals surface area contributed by atoms with Gasteiger partial charge in [-0.2, -0.15) is 0 Å². The molecule has 8 nitrogen and oxygen atoms in total. The standard InChI is InChI=1S/C46H92O8/c1-3-5-7-9-11-13-15-17-19-20-22-24-26-28-30-32-46(47)54-45-44-53-43-42-52-41-40-51-39-38-50-37-36-49-35-34-48-33-31-29-27-25-23-21-18-16-14-12-10-8-6-4-2/h3-45H2,1-2H3. The molecule has 0 bridgehead atoms. The molecular formula is C46H92O8. The molecule has 0 aromatic rings. The van der Waals surface area contributed by atoms with Crippen LogP contribution in [0.1, 0.15) is 206 Å². The van der Waals surface area contributed by atoms with Gasteiger partial charge in [0.25, 0.3) is 0 Å². The van der Waals surface area contributed by atoms with E-state index in [1.165, 1.54) is 167 Å². The summed E-state index contributed by atoms with van der Waals surface area (Å²) in [6.07, 6.45) is 39.6. The Labute approximate surface area is 335 Å². The van der Waals surface area contributed by atoms with Crippen molar-refractivity contribution in [3.63, 3.8) is 0 Å². The fraction of sp³-hybridized carbons (Fsp3) is 0.978. The molecule has 324 valence electrons. The van der Waals surface area contributed by atoms with E-state index >= 15 is 0 Å². The van der Waals surface area contributed by atoms with Gasteiger partial charge in [0.15, 0.2) is 0 Å². The molecule has 0 radical (unpaired) electrons. The van der Waals surface area contributed by atoms with Crippen molar-refractivity contribution in [3.05, 3.63) is 0 Å². The molecule has 0 saturated heterocycles. The summed E-state index contributed by atoms with van der Waals surface area (Å²) in [5, 5.41) is 0. The van der Waals surface area contributed by atoms with E-state index in [-0.39, 0.29) is 5.97 Å². The summed E-state index contributed by atoms with van der Waals surface area (Å²) >= 11 is 0. The average Bonchev–Trinajstić information content (AvgIpc) is 3.18. The molecule has 0 aromatic carbocycles. The van der Waals surface area contributed by atoms with Gasteiger partial charge in [0.2, 0.25) is 0 Å². The first-order valence-electron chi connectivity index (χ1n) is 23.4. The second kappa shape index (κ2) is 50.2. The Bertz CT molecular complexity index is 679. The van der Waals surface area contributed by atoms with Crippen LogP contribution in [0, 0.1) is 0 Å². The van der Waals surface area contributed by atoms with Gasteiger partial charge in [-0.25, -0.2) is 0 Å². The van der Waals surface area contributed by atoms with Crippen molar-refractivity contribution >= 4 is 5.97 Å². The first-order chi connectivity index (χ1) is 26.8. The number of ether oxygens (including phenoxy) is 7. The molecule has 0 amide bonds. The number of rotatable bonds is 49. The molecule has 8 heteroatoms.